The van der Waals surface area contributed by atoms with E-state index in [0.29, 0.717) is 6.42 Å². The van der Waals surface area contributed by atoms with Crippen LogP contribution in [0.2, 0.25) is 0 Å². The molecule has 1 N–H and O–H groups in total. The van der Waals surface area contributed by atoms with Crippen molar-refractivity contribution in [3.63, 3.8) is 0 Å². The van der Waals surface area contributed by atoms with Crippen molar-refractivity contribution >= 4 is 16.4 Å². The van der Waals surface area contributed by atoms with E-state index in [0.717, 1.165) is 19.3 Å². The summed E-state index contributed by atoms with van der Waals surface area (Å²) < 4.78 is 37.8. The van der Waals surface area contributed by atoms with E-state index in [1.165, 1.54) is 77.0 Å². The zero-order valence-corrected chi connectivity index (χ0v) is 17.9. The van der Waals surface area contributed by atoms with Gasteiger partial charge >= 0.3 is 16.4 Å². The predicted octanol–water partition coefficient (Wildman–Crippen LogP) is 5.61. The first kappa shape index (κ1) is 26.3. The van der Waals surface area contributed by atoms with Crippen molar-refractivity contribution in [3.05, 3.63) is 0 Å². The first-order valence-electron chi connectivity index (χ1n) is 10.7. The number of ether oxygens (including phenoxy) is 1. The molecule has 0 aromatic carbocycles. The molecule has 27 heavy (non-hydrogen) atoms. The second-order valence-corrected chi connectivity index (χ2v) is 8.26. The van der Waals surface area contributed by atoms with Crippen LogP contribution < -0.4 is 0 Å². The van der Waals surface area contributed by atoms with Gasteiger partial charge in [-0.3, -0.25) is 9.35 Å². The van der Waals surface area contributed by atoms with Crippen LogP contribution in [0.5, 0.6) is 0 Å². The van der Waals surface area contributed by atoms with Crippen molar-refractivity contribution in [1.82, 2.24) is 0 Å². The van der Waals surface area contributed by atoms with Gasteiger partial charge in [0.1, 0.15) is 13.2 Å². The highest BCUT2D eigenvalue weighted by Gasteiger charge is 2.06. The van der Waals surface area contributed by atoms with E-state index in [4.69, 9.17) is 9.29 Å². The van der Waals surface area contributed by atoms with Crippen molar-refractivity contribution in [2.45, 2.75) is 110 Å². The minimum Gasteiger partial charge on any atom is -0.463 e. The Hall–Kier alpha value is -0.660. The number of esters is 1. The highest BCUT2D eigenvalue weighted by atomic mass is 32.3. The lowest BCUT2D eigenvalue weighted by atomic mass is 10.0. The molecular formula is C20H40O6S. The molecule has 0 unspecified atom stereocenters. The van der Waals surface area contributed by atoms with E-state index in [1.807, 2.05) is 0 Å². The Morgan fingerprint density at radius 3 is 1.52 bits per heavy atom. The molecule has 0 atom stereocenters. The molecular weight excluding hydrogens is 368 g/mol. The molecule has 0 aliphatic carbocycles. The molecule has 0 rings (SSSR count). The van der Waals surface area contributed by atoms with Crippen LogP contribution >= 0.6 is 0 Å². The first-order chi connectivity index (χ1) is 13.0. The molecule has 0 fully saturated rings. The van der Waals surface area contributed by atoms with Gasteiger partial charge in [-0.05, 0) is 6.42 Å². The van der Waals surface area contributed by atoms with Gasteiger partial charge in [-0.15, -0.1) is 0 Å². The molecule has 0 aromatic rings. The van der Waals surface area contributed by atoms with Crippen LogP contribution in [0.3, 0.4) is 0 Å². The fourth-order valence-corrected chi connectivity index (χ4v) is 3.29. The largest absolute Gasteiger partial charge is 0.463 e. The average molecular weight is 409 g/mol. The molecule has 0 spiro atoms. The van der Waals surface area contributed by atoms with Crippen LogP contribution in [0.4, 0.5) is 0 Å². The van der Waals surface area contributed by atoms with Crippen LogP contribution in [-0.2, 0) is 24.1 Å². The monoisotopic (exact) mass is 408 g/mol. The van der Waals surface area contributed by atoms with Crippen LogP contribution in [0.1, 0.15) is 110 Å². The first-order valence-corrected chi connectivity index (χ1v) is 12.1. The van der Waals surface area contributed by atoms with E-state index in [1.54, 1.807) is 0 Å². The molecule has 162 valence electrons. The molecule has 0 aromatic heterocycles. The van der Waals surface area contributed by atoms with E-state index in [2.05, 4.69) is 11.1 Å². The van der Waals surface area contributed by atoms with Gasteiger partial charge in [0, 0.05) is 6.42 Å². The molecule has 7 heteroatoms. The number of carbonyl (C=O) groups excluding carboxylic acids is 1. The summed E-state index contributed by atoms with van der Waals surface area (Å²) in [6, 6.07) is 0. The summed E-state index contributed by atoms with van der Waals surface area (Å²) >= 11 is 0. The van der Waals surface area contributed by atoms with E-state index in [9.17, 15) is 13.2 Å². The van der Waals surface area contributed by atoms with E-state index in [-0.39, 0.29) is 19.2 Å². The van der Waals surface area contributed by atoms with Gasteiger partial charge in [0.15, 0.2) is 0 Å². The Balaban J connectivity index is 3.19. The molecule has 0 radical (unpaired) electrons. The molecule has 6 nitrogen and oxygen atoms in total. The van der Waals surface area contributed by atoms with Crippen molar-refractivity contribution in [3.8, 4) is 0 Å². The molecule has 0 aliphatic heterocycles. The Labute approximate surface area is 166 Å². The van der Waals surface area contributed by atoms with Gasteiger partial charge in [0.25, 0.3) is 0 Å². The van der Waals surface area contributed by atoms with Crippen LogP contribution in [0, 0.1) is 0 Å². The molecule has 0 aliphatic rings. The molecule has 0 saturated carbocycles. The van der Waals surface area contributed by atoms with Crippen molar-refractivity contribution in [2.75, 3.05) is 13.2 Å². The van der Waals surface area contributed by atoms with Gasteiger partial charge in [-0.1, -0.05) is 96.8 Å². The standard InChI is InChI=1S/C20H40O6S/c1-2-3-4-5-6-7-8-9-10-11-12-13-14-15-16-17-20(21)25-18-19-26-27(22,23)24/h2-19H2,1H3,(H,22,23,24). The normalized spacial score (nSPS) is 11.6. The van der Waals surface area contributed by atoms with Crippen molar-refractivity contribution < 1.29 is 26.7 Å². The topological polar surface area (TPSA) is 89.9 Å². The summed E-state index contributed by atoms with van der Waals surface area (Å²) in [6.45, 7) is 1.73. The summed E-state index contributed by atoms with van der Waals surface area (Å²) in [5, 5.41) is 0. The maximum Gasteiger partial charge on any atom is 0.397 e. The smallest absolute Gasteiger partial charge is 0.397 e. The maximum absolute atomic E-state index is 11.4. The minimum atomic E-state index is -4.46. The average Bonchev–Trinajstić information content (AvgIpc) is 2.61. The van der Waals surface area contributed by atoms with Gasteiger partial charge in [0.2, 0.25) is 0 Å². The highest BCUT2D eigenvalue weighted by molar-refractivity contribution is 7.80. The molecule has 0 heterocycles. The van der Waals surface area contributed by atoms with Crippen molar-refractivity contribution in [1.29, 1.82) is 0 Å². The van der Waals surface area contributed by atoms with Gasteiger partial charge in [-0.25, -0.2) is 4.18 Å². The Morgan fingerprint density at radius 1 is 0.704 bits per heavy atom. The number of rotatable bonds is 20. The lowest BCUT2D eigenvalue weighted by Gasteiger charge is -2.05. The number of hydrogen-bond acceptors (Lipinski definition) is 5. The van der Waals surface area contributed by atoms with E-state index < -0.39 is 10.4 Å². The van der Waals surface area contributed by atoms with Crippen LogP contribution in [-0.4, -0.2) is 32.2 Å². The zero-order valence-electron chi connectivity index (χ0n) is 17.1. The van der Waals surface area contributed by atoms with Crippen LogP contribution in [0.15, 0.2) is 0 Å². The third-order valence-corrected chi connectivity index (χ3v) is 5.03. The summed E-state index contributed by atoms with van der Waals surface area (Å²) in [5.41, 5.74) is 0. The molecule has 0 amide bonds. The quantitative estimate of drug-likeness (QED) is 0.160. The van der Waals surface area contributed by atoms with Crippen molar-refractivity contribution in [2.24, 2.45) is 0 Å². The van der Waals surface area contributed by atoms with Gasteiger partial charge in [0.05, 0.1) is 0 Å². The Kier molecular flexibility index (Phi) is 18.2. The van der Waals surface area contributed by atoms with Crippen LogP contribution in [0.25, 0.3) is 0 Å². The zero-order chi connectivity index (χ0) is 20.2. The lowest BCUT2D eigenvalue weighted by molar-refractivity contribution is -0.144. The fourth-order valence-electron chi connectivity index (χ4n) is 3.01. The highest BCUT2D eigenvalue weighted by Crippen LogP contribution is 2.13. The third kappa shape index (κ3) is 23.3. The summed E-state index contributed by atoms with van der Waals surface area (Å²) in [5.74, 6) is -0.358. The SMILES string of the molecule is CCCCCCCCCCCCCCCCCC(=O)OCCOS(=O)(=O)O. The summed E-state index contributed by atoms with van der Waals surface area (Å²) in [7, 11) is -4.46. The number of carbonyl (C=O) groups is 1. The number of unbranched alkanes of at least 4 members (excludes halogenated alkanes) is 14. The maximum atomic E-state index is 11.4. The second kappa shape index (κ2) is 18.7. The Morgan fingerprint density at radius 2 is 1.11 bits per heavy atom. The third-order valence-electron chi connectivity index (χ3n) is 4.56. The predicted molar refractivity (Wildman–Crippen MR) is 108 cm³/mol. The van der Waals surface area contributed by atoms with Gasteiger partial charge in [-0.2, -0.15) is 8.42 Å². The fraction of sp³-hybridized carbons (Fsp3) is 0.950. The minimum absolute atomic E-state index is 0.169. The molecule has 0 saturated heterocycles. The summed E-state index contributed by atoms with van der Waals surface area (Å²) in [6.07, 6.45) is 19.4. The second-order valence-electron chi connectivity index (χ2n) is 7.17. The molecule has 0 bridgehead atoms. The number of hydrogen-bond donors (Lipinski definition) is 1. The summed E-state index contributed by atoms with van der Waals surface area (Å²) in [4.78, 5) is 11.4. The lowest BCUT2D eigenvalue weighted by Crippen LogP contribution is -2.13. The van der Waals surface area contributed by atoms with E-state index >= 15 is 0 Å². The van der Waals surface area contributed by atoms with Gasteiger partial charge < -0.3 is 4.74 Å². The Bertz CT molecular complexity index is 436.